The van der Waals surface area contributed by atoms with Gasteiger partial charge < -0.3 is 4.90 Å². The molecule has 3 aromatic rings. The molecular formula is C20H17FN2O2. The first kappa shape index (κ1) is 15.6. The lowest BCUT2D eigenvalue weighted by Crippen LogP contribution is -2.35. The van der Waals surface area contributed by atoms with Gasteiger partial charge in [-0.2, -0.15) is 0 Å². The Balaban J connectivity index is 1.75. The van der Waals surface area contributed by atoms with E-state index in [0.717, 1.165) is 12.0 Å². The SMILES string of the molecule is CC(=O)n1cc(C(=O)N2CCc3ccccc3C2)c2ccc(F)cc21. The van der Waals surface area contributed by atoms with Gasteiger partial charge in [-0.25, -0.2) is 4.39 Å². The summed E-state index contributed by atoms with van der Waals surface area (Å²) < 4.78 is 14.9. The monoisotopic (exact) mass is 336 g/mol. The second-order valence-electron chi connectivity index (χ2n) is 6.34. The summed E-state index contributed by atoms with van der Waals surface area (Å²) in [4.78, 5) is 26.7. The summed E-state index contributed by atoms with van der Waals surface area (Å²) in [6, 6.07) is 12.3. The van der Waals surface area contributed by atoms with Crippen LogP contribution in [0.4, 0.5) is 4.39 Å². The topological polar surface area (TPSA) is 42.3 Å². The quantitative estimate of drug-likeness (QED) is 0.681. The summed E-state index contributed by atoms with van der Waals surface area (Å²) >= 11 is 0. The van der Waals surface area contributed by atoms with Gasteiger partial charge in [0.25, 0.3) is 5.91 Å². The highest BCUT2D eigenvalue weighted by Gasteiger charge is 2.25. The minimum Gasteiger partial charge on any atom is -0.334 e. The molecule has 0 saturated heterocycles. The van der Waals surface area contributed by atoms with Crippen molar-refractivity contribution < 1.29 is 14.0 Å². The lowest BCUT2D eigenvalue weighted by Gasteiger charge is -2.28. The molecule has 2 aromatic carbocycles. The van der Waals surface area contributed by atoms with Crippen LogP contribution >= 0.6 is 0 Å². The smallest absolute Gasteiger partial charge is 0.256 e. The van der Waals surface area contributed by atoms with Gasteiger partial charge in [-0.15, -0.1) is 0 Å². The molecule has 0 bridgehead atoms. The first-order valence-electron chi connectivity index (χ1n) is 8.22. The van der Waals surface area contributed by atoms with Crippen LogP contribution < -0.4 is 0 Å². The lowest BCUT2D eigenvalue weighted by atomic mass is 9.99. The largest absolute Gasteiger partial charge is 0.334 e. The zero-order valence-corrected chi connectivity index (χ0v) is 13.8. The molecule has 0 radical (unpaired) electrons. The Morgan fingerprint density at radius 2 is 1.84 bits per heavy atom. The van der Waals surface area contributed by atoms with Gasteiger partial charge in [0.1, 0.15) is 5.82 Å². The lowest BCUT2D eigenvalue weighted by molar-refractivity contribution is 0.0736. The Morgan fingerprint density at radius 1 is 1.08 bits per heavy atom. The van der Waals surface area contributed by atoms with Gasteiger partial charge in [0.05, 0.1) is 11.1 Å². The third-order valence-corrected chi connectivity index (χ3v) is 4.76. The fraction of sp³-hybridized carbons (Fsp3) is 0.200. The van der Waals surface area contributed by atoms with Crippen molar-refractivity contribution in [3.8, 4) is 0 Å². The first-order chi connectivity index (χ1) is 12.0. The molecule has 0 spiro atoms. The molecule has 1 amide bonds. The minimum absolute atomic E-state index is 0.133. The van der Waals surface area contributed by atoms with Crippen molar-refractivity contribution in [3.05, 3.63) is 71.2 Å². The molecule has 1 aromatic heterocycles. The number of hydrogen-bond acceptors (Lipinski definition) is 2. The summed E-state index contributed by atoms with van der Waals surface area (Å²) in [7, 11) is 0. The second kappa shape index (κ2) is 5.84. The van der Waals surface area contributed by atoms with Crippen LogP contribution in [0.2, 0.25) is 0 Å². The Kier molecular flexibility index (Phi) is 3.64. The molecule has 1 aliphatic heterocycles. The van der Waals surface area contributed by atoms with Crippen molar-refractivity contribution in [2.75, 3.05) is 6.54 Å². The minimum atomic E-state index is -0.431. The zero-order valence-electron chi connectivity index (χ0n) is 13.8. The summed E-state index contributed by atoms with van der Waals surface area (Å²) in [6.45, 7) is 2.57. The fourth-order valence-electron chi connectivity index (χ4n) is 3.47. The molecule has 1 aliphatic rings. The third-order valence-electron chi connectivity index (χ3n) is 4.76. The van der Waals surface area contributed by atoms with E-state index in [0.29, 0.717) is 29.6 Å². The standard InChI is InChI=1S/C20H17FN2O2/c1-13(24)23-12-18(17-7-6-16(21)10-19(17)23)20(25)22-9-8-14-4-2-3-5-15(14)11-22/h2-7,10,12H,8-9,11H2,1H3. The summed E-state index contributed by atoms with van der Waals surface area (Å²) in [5.74, 6) is -0.816. The molecule has 0 unspecified atom stereocenters. The van der Waals surface area contributed by atoms with Crippen LogP contribution in [-0.2, 0) is 13.0 Å². The number of fused-ring (bicyclic) bond motifs is 2. The average Bonchev–Trinajstić information content (AvgIpc) is 2.99. The molecule has 0 atom stereocenters. The van der Waals surface area contributed by atoms with E-state index in [2.05, 4.69) is 6.07 Å². The van der Waals surface area contributed by atoms with Gasteiger partial charge in [-0.3, -0.25) is 14.2 Å². The van der Waals surface area contributed by atoms with Crippen LogP contribution in [0.5, 0.6) is 0 Å². The molecule has 5 heteroatoms. The maximum Gasteiger partial charge on any atom is 0.256 e. The van der Waals surface area contributed by atoms with Crippen LogP contribution in [0.25, 0.3) is 10.9 Å². The van der Waals surface area contributed by atoms with Gasteiger partial charge in [0.2, 0.25) is 5.91 Å². The molecule has 2 heterocycles. The van der Waals surface area contributed by atoms with Crippen LogP contribution in [0.3, 0.4) is 0 Å². The summed E-state index contributed by atoms with van der Waals surface area (Å²) in [5.41, 5.74) is 3.26. The number of benzene rings is 2. The number of hydrogen-bond donors (Lipinski definition) is 0. The van der Waals surface area contributed by atoms with Gasteiger partial charge in [0.15, 0.2) is 0 Å². The molecule has 0 fully saturated rings. The third kappa shape index (κ3) is 2.61. The van der Waals surface area contributed by atoms with Crippen molar-refractivity contribution >= 4 is 22.7 Å². The number of nitrogens with zero attached hydrogens (tertiary/aromatic N) is 2. The highest BCUT2D eigenvalue weighted by molar-refractivity contribution is 6.09. The highest BCUT2D eigenvalue weighted by atomic mass is 19.1. The van der Waals surface area contributed by atoms with Crippen molar-refractivity contribution in [2.24, 2.45) is 0 Å². The normalized spacial score (nSPS) is 13.8. The predicted octanol–water partition coefficient (Wildman–Crippen LogP) is 3.64. The van der Waals surface area contributed by atoms with Crippen LogP contribution in [0.15, 0.2) is 48.7 Å². The molecule has 4 nitrogen and oxygen atoms in total. The van der Waals surface area contributed by atoms with Gasteiger partial charge in [0, 0.05) is 31.6 Å². The molecule has 4 rings (SSSR count). The van der Waals surface area contributed by atoms with Crippen molar-refractivity contribution in [1.82, 2.24) is 9.47 Å². The Morgan fingerprint density at radius 3 is 2.60 bits per heavy atom. The van der Waals surface area contributed by atoms with E-state index in [1.54, 1.807) is 11.0 Å². The van der Waals surface area contributed by atoms with Crippen molar-refractivity contribution in [2.45, 2.75) is 19.9 Å². The van der Waals surface area contributed by atoms with E-state index in [4.69, 9.17) is 0 Å². The molecule has 0 aliphatic carbocycles. The van der Waals surface area contributed by atoms with E-state index in [-0.39, 0.29) is 11.8 Å². The second-order valence-corrected chi connectivity index (χ2v) is 6.34. The summed E-state index contributed by atoms with van der Waals surface area (Å²) in [5, 5.41) is 0.598. The molecule has 126 valence electrons. The zero-order chi connectivity index (χ0) is 17.6. The molecular weight excluding hydrogens is 319 g/mol. The van der Waals surface area contributed by atoms with Gasteiger partial charge in [-0.1, -0.05) is 24.3 Å². The van der Waals surface area contributed by atoms with Crippen LogP contribution in [0, 0.1) is 5.82 Å². The Bertz CT molecular complexity index is 1010. The number of rotatable bonds is 1. The summed E-state index contributed by atoms with van der Waals surface area (Å²) in [6.07, 6.45) is 2.33. The van der Waals surface area contributed by atoms with E-state index in [1.807, 2.05) is 18.2 Å². The number of carbonyl (C=O) groups is 2. The first-order valence-corrected chi connectivity index (χ1v) is 8.22. The molecule has 0 N–H and O–H groups in total. The molecule has 0 saturated carbocycles. The maximum atomic E-state index is 13.6. The van der Waals surface area contributed by atoms with Crippen LogP contribution in [0.1, 0.15) is 33.2 Å². The Labute approximate surface area is 144 Å². The van der Waals surface area contributed by atoms with Crippen molar-refractivity contribution in [3.63, 3.8) is 0 Å². The predicted molar refractivity (Wildman–Crippen MR) is 93.1 cm³/mol. The maximum absolute atomic E-state index is 13.6. The number of aromatic nitrogens is 1. The van der Waals surface area contributed by atoms with Crippen LogP contribution in [-0.4, -0.2) is 27.8 Å². The number of carbonyl (C=O) groups excluding carboxylic acids is 2. The van der Waals surface area contributed by atoms with Gasteiger partial charge >= 0.3 is 0 Å². The van der Waals surface area contributed by atoms with E-state index < -0.39 is 5.82 Å². The van der Waals surface area contributed by atoms with Crippen molar-refractivity contribution in [1.29, 1.82) is 0 Å². The van der Waals surface area contributed by atoms with E-state index in [9.17, 15) is 14.0 Å². The van der Waals surface area contributed by atoms with Gasteiger partial charge in [-0.05, 0) is 35.7 Å². The Hall–Kier alpha value is -2.95. The highest BCUT2D eigenvalue weighted by Crippen LogP contribution is 2.26. The number of halogens is 1. The molecule has 25 heavy (non-hydrogen) atoms. The number of amides is 1. The average molecular weight is 336 g/mol. The fourth-order valence-corrected chi connectivity index (χ4v) is 3.47. The van der Waals surface area contributed by atoms with E-state index in [1.165, 1.54) is 35.4 Å². The van der Waals surface area contributed by atoms with E-state index >= 15 is 0 Å².